The standard InChI is InChI=1S/C15H27N3/c1-3-18-15(10-11-17-18)12-16-13(2)14-8-6-4-5-7-9-14/h10-11,13-14,16H,3-9,12H2,1-2H3/t13-/m0/s1. The van der Waals surface area contributed by atoms with Crippen LogP contribution in [0.2, 0.25) is 0 Å². The largest absolute Gasteiger partial charge is 0.308 e. The molecule has 102 valence electrons. The molecule has 0 saturated heterocycles. The number of aromatic nitrogens is 2. The molecule has 0 unspecified atom stereocenters. The van der Waals surface area contributed by atoms with Crippen LogP contribution in [0.25, 0.3) is 0 Å². The Morgan fingerprint density at radius 3 is 2.72 bits per heavy atom. The highest BCUT2D eigenvalue weighted by Crippen LogP contribution is 2.25. The van der Waals surface area contributed by atoms with Gasteiger partial charge in [0.2, 0.25) is 0 Å². The van der Waals surface area contributed by atoms with Crippen LogP contribution in [0, 0.1) is 5.92 Å². The molecule has 1 aromatic heterocycles. The van der Waals surface area contributed by atoms with Crippen molar-refractivity contribution in [3.05, 3.63) is 18.0 Å². The summed E-state index contributed by atoms with van der Waals surface area (Å²) in [6.45, 7) is 6.40. The Morgan fingerprint density at radius 2 is 2.06 bits per heavy atom. The molecule has 1 fully saturated rings. The second-order valence-corrected chi connectivity index (χ2v) is 5.56. The van der Waals surface area contributed by atoms with Crippen LogP contribution >= 0.6 is 0 Å². The van der Waals surface area contributed by atoms with Gasteiger partial charge in [-0.3, -0.25) is 4.68 Å². The summed E-state index contributed by atoms with van der Waals surface area (Å²) in [5, 5.41) is 8.01. The zero-order chi connectivity index (χ0) is 12.8. The van der Waals surface area contributed by atoms with Crippen molar-refractivity contribution in [1.82, 2.24) is 15.1 Å². The maximum Gasteiger partial charge on any atom is 0.0522 e. The third kappa shape index (κ3) is 3.58. The Kier molecular flexibility index (Phi) is 5.24. The van der Waals surface area contributed by atoms with E-state index in [1.807, 2.05) is 6.20 Å². The van der Waals surface area contributed by atoms with E-state index in [2.05, 4.69) is 35.0 Å². The number of hydrogen-bond acceptors (Lipinski definition) is 2. The Hall–Kier alpha value is -0.830. The minimum atomic E-state index is 0.628. The van der Waals surface area contributed by atoms with E-state index in [-0.39, 0.29) is 0 Å². The second kappa shape index (κ2) is 6.93. The molecule has 1 aliphatic carbocycles. The summed E-state index contributed by atoms with van der Waals surface area (Å²) in [5.41, 5.74) is 1.30. The van der Waals surface area contributed by atoms with Gasteiger partial charge in [-0.05, 0) is 38.7 Å². The Morgan fingerprint density at radius 1 is 1.33 bits per heavy atom. The lowest BCUT2D eigenvalue weighted by molar-refractivity contribution is 0.333. The first-order chi connectivity index (χ1) is 8.81. The molecule has 1 aromatic rings. The number of hydrogen-bond donors (Lipinski definition) is 1. The molecule has 3 nitrogen and oxygen atoms in total. The molecular weight excluding hydrogens is 222 g/mol. The lowest BCUT2D eigenvalue weighted by Crippen LogP contribution is -2.33. The number of nitrogens with zero attached hydrogens (tertiary/aromatic N) is 2. The first-order valence-electron chi connectivity index (χ1n) is 7.55. The topological polar surface area (TPSA) is 29.9 Å². The molecule has 0 aromatic carbocycles. The zero-order valence-electron chi connectivity index (χ0n) is 11.9. The van der Waals surface area contributed by atoms with Crippen molar-refractivity contribution in [2.45, 2.75) is 71.5 Å². The van der Waals surface area contributed by atoms with Crippen LogP contribution < -0.4 is 5.32 Å². The number of aryl methyl sites for hydroxylation is 1. The van der Waals surface area contributed by atoms with Crippen LogP contribution in [0.4, 0.5) is 0 Å². The Bertz CT molecular complexity index is 337. The van der Waals surface area contributed by atoms with Gasteiger partial charge in [-0.25, -0.2) is 0 Å². The minimum Gasteiger partial charge on any atom is -0.308 e. The summed E-state index contributed by atoms with van der Waals surface area (Å²) in [4.78, 5) is 0. The van der Waals surface area contributed by atoms with Gasteiger partial charge in [0, 0.05) is 25.3 Å². The van der Waals surface area contributed by atoms with Crippen molar-refractivity contribution in [2.75, 3.05) is 0 Å². The van der Waals surface area contributed by atoms with Gasteiger partial charge >= 0.3 is 0 Å². The molecule has 1 N–H and O–H groups in total. The van der Waals surface area contributed by atoms with E-state index in [1.165, 1.54) is 44.2 Å². The van der Waals surface area contributed by atoms with Crippen molar-refractivity contribution in [3.63, 3.8) is 0 Å². The first-order valence-corrected chi connectivity index (χ1v) is 7.55. The molecule has 1 heterocycles. The van der Waals surface area contributed by atoms with Gasteiger partial charge in [0.05, 0.1) is 5.69 Å². The van der Waals surface area contributed by atoms with Crippen molar-refractivity contribution < 1.29 is 0 Å². The maximum absolute atomic E-state index is 4.32. The highest BCUT2D eigenvalue weighted by Gasteiger charge is 2.18. The minimum absolute atomic E-state index is 0.628. The highest BCUT2D eigenvalue weighted by molar-refractivity contribution is 5.00. The Balaban J connectivity index is 1.81. The molecule has 0 amide bonds. The van der Waals surface area contributed by atoms with E-state index in [0.29, 0.717) is 6.04 Å². The molecule has 0 spiro atoms. The van der Waals surface area contributed by atoms with Crippen molar-refractivity contribution in [2.24, 2.45) is 5.92 Å². The summed E-state index contributed by atoms with van der Waals surface area (Å²) in [5.74, 6) is 0.866. The van der Waals surface area contributed by atoms with Gasteiger partial charge < -0.3 is 5.32 Å². The van der Waals surface area contributed by atoms with Crippen LogP contribution in [0.3, 0.4) is 0 Å². The fourth-order valence-corrected chi connectivity index (χ4v) is 3.04. The van der Waals surface area contributed by atoms with Crippen molar-refractivity contribution >= 4 is 0 Å². The lowest BCUT2D eigenvalue weighted by atomic mass is 9.93. The van der Waals surface area contributed by atoms with E-state index < -0.39 is 0 Å². The fourth-order valence-electron chi connectivity index (χ4n) is 3.04. The molecule has 3 heteroatoms. The van der Waals surface area contributed by atoms with E-state index in [4.69, 9.17) is 0 Å². The van der Waals surface area contributed by atoms with E-state index in [0.717, 1.165) is 19.0 Å². The second-order valence-electron chi connectivity index (χ2n) is 5.56. The average Bonchev–Trinajstić information content (AvgIpc) is 2.67. The molecule has 18 heavy (non-hydrogen) atoms. The number of nitrogens with one attached hydrogen (secondary N) is 1. The predicted molar refractivity (Wildman–Crippen MR) is 75.4 cm³/mol. The quantitative estimate of drug-likeness (QED) is 0.811. The van der Waals surface area contributed by atoms with Crippen LogP contribution in [0.5, 0.6) is 0 Å². The summed E-state index contributed by atoms with van der Waals surface area (Å²) in [6.07, 6.45) is 10.4. The third-order valence-corrected chi connectivity index (χ3v) is 4.32. The first kappa shape index (κ1) is 13.6. The van der Waals surface area contributed by atoms with E-state index >= 15 is 0 Å². The van der Waals surface area contributed by atoms with Gasteiger partial charge in [0.15, 0.2) is 0 Å². The number of rotatable bonds is 5. The van der Waals surface area contributed by atoms with E-state index in [1.54, 1.807) is 0 Å². The third-order valence-electron chi connectivity index (χ3n) is 4.32. The van der Waals surface area contributed by atoms with E-state index in [9.17, 15) is 0 Å². The fraction of sp³-hybridized carbons (Fsp3) is 0.800. The van der Waals surface area contributed by atoms with Crippen LogP contribution in [-0.4, -0.2) is 15.8 Å². The molecule has 1 aliphatic rings. The monoisotopic (exact) mass is 249 g/mol. The van der Waals surface area contributed by atoms with Crippen LogP contribution in [0.15, 0.2) is 12.3 Å². The SMILES string of the molecule is CCn1nccc1CN[C@@H](C)C1CCCCCC1. The summed E-state index contributed by atoms with van der Waals surface area (Å²) >= 11 is 0. The summed E-state index contributed by atoms with van der Waals surface area (Å²) < 4.78 is 2.08. The van der Waals surface area contributed by atoms with Gasteiger partial charge in [-0.1, -0.05) is 25.7 Å². The van der Waals surface area contributed by atoms with Crippen LogP contribution in [0.1, 0.15) is 58.1 Å². The average molecular weight is 249 g/mol. The summed E-state index contributed by atoms with van der Waals surface area (Å²) in [7, 11) is 0. The molecule has 1 atom stereocenters. The molecule has 0 aliphatic heterocycles. The molecule has 0 bridgehead atoms. The zero-order valence-corrected chi connectivity index (χ0v) is 11.9. The highest BCUT2D eigenvalue weighted by atomic mass is 15.3. The smallest absolute Gasteiger partial charge is 0.0522 e. The normalized spacial score (nSPS) is 19.7. The van der Waals surface area contributed by atoms with Gasteiger partial charge in [-0.2, -0.15) is 5.10 Å². The van der Waals surface area contributed by atoms with Crippen molar-refractivity contribution in [3.8, 4) is 0 Å². The molecule has 0 radical (unpaired) electrons. The van der Waals surface area contributed by atoms with Gasteiger partial charge in [0.1, 0.15) is 0 Å². The lowest BCUT2D eigenvalue weighted by Gasteiger charge is -2.23. The Labute approximate surface area is 111 Å². The molecular formula is C15H27N3. The van der Waals surface area contributed by atoms with Gasteiger partial charge in [0.25, 0.3) is 0 Å². The summed E-state index contributed by atoms with van der Waals surface area (Å²) in [6, 6.07) is 2.75. The van der Waals surface area contributed by atoms with Gasteiger partial charge in [-0.15, -0.1) is 0 Å². The predicted octanol–water partition coefficient (Wildman–Crippen LogP) is 3.35. The molecule has 2 rings (SSSR count). The maximum atomic E-state index is 4.32. The van der Waals surface area contributed by atoms with Crippen molar-refractivity contribution in [1.29, 1.82) is 0 Å². The molecule has 1 saturated carbocycles. The van der Waals surface area contributed by atoms with Crippen LogP contribution in [-0.2, 0) is 13.1 Å².